The highest BCUT2D eigenvalue weighted by molar-refractivity contribution is 7.89. The first kappa shape index (κ1) is 20.1. The van der Waals surface area contributed by atoms with Gasteiger partial charge in [-0.3, -0.25) is 0 Å². The van der Waals surface area contributed by atoms with Gasteiger partial charge in [-0.05, 0) is 82.5 Å². The molecule has 1 aliphatic rings. The van der Waals surface area contributed by atoms with E-state index in [-0.39, 0.29) is 17.1 Å². The van der Waals surface area contributed by atoms with Gasteiger partial charge in [-0.25, -0.2) is 13.1 Å². The first-order valence-corrected chi connectivity index (χ1v) is 11.0. The van der Waals surface area contributed by atoms with Crippen LogP contribution in [0.2, 0.25) is 0 Å². The highest BCUT2D eigenvalue weighted by atomic mass is 32.2. The standard InChI is InChI=1S/C21H30N2O3S/c1-6-26-18-9-7-16-12-19(10-8-15(16)11-18)27(24,25)22-17-13-20(2,3)23-21(4,5)14-17/h7-12,17,22-23H,6,13-14H2,1-5H3. The average molecular weight is 391 g/mol. The summed E-state index contributed by atoms with van der Waals surface area (Å²) in [5.74, 6) is 0.790. The van der Waals surface area contributed by atoms with Crippen LogP contribution in [0, 0.1) is 0 Å². The number of hydrogen-bond donors (Lipinski definition) is 2. The van der Waals surface area contributed by atoms with E-state index in [1.807, 2.05) is 31.2 Å². The van der Waals surface area contributed by atoms with Crippen molar-refractivity contribution in [3.8, 4) is 5.75 Å². The van der Waals surface area contributed by atoms with Gasteiger partial charge in [0.25, 0.3) is 0 Å². The number of hydrogen-bond acceptors (Lipinski definition) is 4. The predicted octanol–water partition coefficient (Wildman–Crippen LogP) is 3.83. The highest BCUT2D eigenvalue weighted by Gasteiger charge is 2.39. The zero-order chi connectivity index (χ0) is 19.9. The molecule has 27 heavy (non-hydrogen) atoms. The Morgan fingerprint density at radius 3 is 2.26 bits per heavy atom. The molecule has 0 aliphatic carbocycles. The van der Waals surface area contributed by atoms with Crippen molar-refractivity contribution in [1.82, 2.24) is 10.0 Å². The van der Waals surface area contributed by atoms with Crippen molar-refractivity contribution < 1.29 is 13.2 Å². The van der Waals surface area contributed by atoms with E-state index in [1.165, 1.54) is 0 Å². The Bertz CT molecular complexity index is 920. The van der Waals surface area contributed by atoms with E-state index < -0.39 is 10.0 Å². The summed E-state index contributed by atoms with van der Waals surface area (Å²) >= 11 is 0. The van der Waals surface area contributed by atoms with Gasteiger partial charge in [0.1, 0.15) is 5.75 Å². The minimum absolute atomic E-state index is 0.0997. The van der Waals surface area contributed by atoms with E-state index in [2.05, 4.69) is 37.7 Å². The maximum atomic E-state index is 13.0. The van der Waals surface area contributed by atoms with Gasteiger partial charge in [0.05, 0.1) is 11.5 Å². The van der Waals surface area contributed by atoms with Crippen LogP contribution in [-0.2, 0) is 10.0 Å². The summed E-state index contributed by atoms with van der Waals surface area (Å²) in [5, 5.41) is 5.42. The summed E-state index contributed by atoms with van der Waals surface area (Å²) in [6.07, 6.45) is 1.50. The van der Waals surface area contributed by atoms with Crippen molar-refractivity contribution in [3.05, 3.63) is 36.4 Å². The summed E-state index contributed by atoms with van der Waals surface area (Å²) < 4.78 is 34.4. The molecule has 5 nitrogen and oxygen atoms in total. The van der Waals surface area contributed by atoms with Crippen molar-refractivity contribution in [2.24, 2.45) is 0 Å². The minimum atomic E-state index is -3.58. The van der Waals surface area contributed by atoms with Crippen molar-refractivity contribution in [3.63, 3.8) is 0 Å². The third kappa shape index (κ3) is 4.81. The molecule has 1 saturated heterocycles. The van der Waals surface area contributed by atoms with E-state index >= 15 is 0 Å². The molecule has 2 aromatic carbocycles. The van der Waals surface area contributed by atoms with Crippen molar-refractivity contribution in [2.45, 2.75) is 69.5 Å². The molecule has 0 atom stereocenters. The van der Waals surface area contributed by atoms with E-state index in [9.17, 15) is 8.42 Å². The van der Waals surface area contributed by atoms with Crippen LogP contribution in [0.15, 0.2) is 41.3 Å². The molecule has 148 valence electrons. The lowest BCUT2D eigenvalue weighted by Gasteiger charge is -2.46. The number of benzene rings is 2. The van der Waals surface area contributed by atoms with Crippen LogP contribution in [0.3, 0.4) is 0 Å². The average Bonchev–Trinajstić information content (AvgIpc) is 2.51. The molecule has 1 heterocycles. The Hall–Kier alpha value is -1.63. The molecule has 0 amide bonds. The maximum absolute atomic E-state index is 13.0. The fourth-order valence-electron chi connectivity index (χ4n) is 4.32. The third-order valence-corrected chi connectivity index (χ3v) is 6.43. The van der Waals surface area contributed by atoms with Gasteiger partial charge in [0, 0.05) is 17.1 Å². The second-order valence-electron chi connectivity index (χ2n) is 8.72. The normalized spacial score (nSPS) is 19.9. The zero-order valence-electron chi connectivity index (χ0n) is 16.8. The van der Waals surface area contributed by atoms with E-state index in [0.29, 0.717) is 11.5 Å². The number of piperidine rings is 1. The minimum Gasteiger partial charge on any atom is -0.494 e. The van der Waals surface area contributed by atoms with Crippen molar-refractivity contribution in [1.29, 1.82) is 0 Å². The molecule has 1 aliphatic heterocycles. The van der Waals surface area contributed by atoms with Crippen LogP contribution in [0.1, 0.15) is 47.5 Å². The van der Waals surface area contributed by atoms with Gasteiger partial charge in [-0.1, -0.05) is 12.1 Å². The lowest BCUT2D eigenvalue weighted by Crippen LogP contribution is -2.62. The third-order valence-electron chi connectivity index (χ3n) is 4.92. The predicted molar refractivity (Wildman–Crippen MR) is 110 cm³/mol. The molecule has 0 radical (unpaired) electrons. The highest BCUT2D eigenvalue weighted by Crippen LogP contribution is 2.30. The van der Waals surface area contributed by atoms with Crippen LogP contribution < -0.4 is 14.8 Å². The van der Waals surface area contributed by atoms with Crippen LogP contribution in [0.25, 0.3) is 10.8 Å². The first-order chi connectivity index (χ1) is 12.5. The SMILES string of the molecule is CCOc1ccc2cc(S(=O)(=O)NC3CC(C)(C)NC(C)(C)C3)ccc2c1. The van der Waals surface area contributed by atoms with Crippen molar-refractivity contribution >= 4 is 20.8 Å². The van der Waals surface area contributed by atoms with E-state index in [4.69, 9.17) is 4.74 Å². The van der Waals surface area contributed by atoms with E-state index in [1.54, 1.807) is 12.1 Å². The number of nitrogens with one attached hydrogen (secondary N) is 2. The van der Waals surface area contributed by atoms with Crippen LogP contribution >= 0.6 is 0 Å². The molecule has 0 spiro atoms. The fourth-order valence-corrected chi connectivity index (χ4v) is 5.59. The Morgan fingerprint density at radius 1 is 1.04 bits per heavy atom. The van der Waals surface area contributed by atoms with Gasteiger partial charge in [-0.2, -0.15) is 0 Å². The fraction of sp³-hybridized carbons (Fsp3) is 0.524. The number of fused-ring (bicyclic) bond motifs is 1. The summed E-state index contributed by atoms with van der Waals surface area (Å²) in [5.41, 5.74) is -0.234. The summed E-state index contributed by atoms with van der Waals surface area (Å²) in [4.78, 5) is 0.299. The first-order valence-electron chi connectivity index (χ1n) is 9.48. The molecule has 0 aromatic heterocycles. The van der Waals surface area contributed by atoms with Gasteiger partial charge in [-0.15, -0.1) is 0 Å². The van der Waals surface area contributed by atoms with Crippen LogP contribution in [0.4, 0.5) is 0 Å². The lowest BCUT2D eigenvalue weighted by atomic mass is 9.80. The number of ether oxygens (including phenoxy) is 1. The summed E-state index contributed by atoms with van der Waals surface area (Å²) in [6.45, 7) is 11.0. The monoisotopic (exact) mass is 390 g/mol. The largest absolute Gasteiger partial charge is 0.494 e. The van der Waals surface area contributed by atoms with Crippen molar-refractivity contribution in [2.75, 3.05) is 6.61 Å². The van der Waals surface area contributed by atoms with Gasteiger partial charge >= 0.3 is 0 Å². The second-order valence-corrected chi connectivity index (χ2v) is 10.4. The van der Waals surface area contributed by atoms with Crippen LogP contribution in [0.5, 0.6) is 5.75 Å². The topological polar surface area (TPSA) is 67.4 Å². The van der Waals surface area contributed by atoms with Crippen LogP contribution in [-0.4, -0.2) is 32.1 Å². The Kier molecular flexibility index (Phi) is 5.27. The Labute approximate surface area is 162 Å². The molecular formula is C21H30N2O3S. The lowest BCUT2D eigenvalue weighted by molar-refractivity contribution is 0.157. The summed E-state index contributed by atoms with van der Waals surface area (Å²) in [7, 11) is -3.58. The molecule has 1 fully saturated rings. The number of rotatable bonds is 5. The smallest absolute Gasteiger partial charge is 0.240 e. The maximum Gasteiger partial charge on any atom is 0.240 e. The zero-order valence-corrected chi connectivity index (χ0v) is 17.6. The second kappa shape index (κ2) is 7.08. The van der Waals surface area contributed by atoms with Gasteiger partial charge in [0.2, 0.25) is 10.0 Å². The Morgan fingerprint density at radius 2 is 1.63 bits per heavy atom. The summed E-state index contributed by atoms with van der Waals surface area (Å²) in [6, 6.07) is 10.8. The molecule has 0 bridgehead atoms. The Balaban J connectivity index is 1.85. The molecule has 3 rings (SSSR count). The molecular weight excluding hydrogens is 360 g/mol. The molecule has 2 N–H and O–H groups in total. The van der Waals surface area contributed by atoms with Gasteiger partial charge in [0.15, 0.2) is 0 Å². The molecule has 2 aromatic rings. The molecule has 0 saturated carbocycles. The van der Waals surface area contributed by atoms with E-state index in [0.717, 1.165) is 29.4 Å². The molecule has 6 heteroatoms. The number of sulfonamides is 1. The quantitative estimate of drug-likeness (QED) is 0.814. The molecule has 0 unspecified atom stereocenters. The van der Waals surface area contributed by atoms with Gasteiger partial charge < -0.3 is 10.1 Å².